The summed E-state index contributed by atoms with van der Waals surface area (Å²) in [6, 6.07) is 7.94. The van der Waals surface area contributed by atoms with Crippen LogP contribution < -0.4 is 5.32 Å². The fourth-order valence-electron chi connectivity index (χ4n) is 2.91. The van der Waals surface area contributed by atoms with E-state index < -0.39 is 0 Å². The molecule has 1 atom stereocenters. The molecule has 0 aliphatic carbocycles. The molecule has 5 heteroatoms. The Labute approximate surface area is 127 Å². The van der Waals surface area contributed by atoms with E-state index in [1.54, 1.807) is 0 Å². The lowest BCUT2D eigenvalue weighted by atomic mass is 9.92. The molecule has 1 saturated heterocycles. The molecule has 0 saturated carbocycles. The molecular formula is C15H18BrN3O. The molecule has 0 spiro atoms. The van der Waals surface area contributed by atoms with Crippen LogP contribution in [0.25, 0.3) is 11.4 Å². The highest BCUT2D eigenvalue weighted by atomic mass is 79.9. The van der Waals surface area contributed by atoms with Crippen molar-refractivity contribution in [2.45, 2.75) is 38.1 Å². The molecule has 1 aromatic heterocycles. The average Bonchev–Trinajstić information content (AvgIpc) is 3.09. The van der Waals surface area contributed by atoms with Gasteiger partial charge in [0.15, 0.2) is 0 Å². The molecule has 4 nitrogen and oxygen atoms in total. The molecule has 0 bridgehead atoms. The minimum Gasteiger partial charge on any atom is -0.337 e. The van der Waals surface area contributed by atoms with Crippen LogP contribution in [0.4, 0.5) is 0 Å². The predicted octanol–water partition coefficient (Wildman–Crippen LogP) is 3.88. The maximum atomic E-state index is 5.57. The Morgan fingerprint density at radius 1 is 1.40 bits per heavy atom. The van der Waals surface area contributed by atoms with Gasteiger partial charge in [0.25, 0.3) is 0 Å². The first-order chi connectivity index (χ1) is 9.75. The molecule has 1 aliphatic rings. The van der Waals surface area contributed by atoms with Gasteiger partial charge in [0, 0.05) is 10.0 Å². The van der Waals surface area contributed by atoms with Gasteiger partial charge in [-0.1, -0.05) is 46.6 Å². The van der Waals surface area contributed by atoms with Gasteiger partial charge in [0.2, 0.25) is 11.7 Å². The van der Waals surface area contributed by atoms with Crippen LogP contribution in [-0.4, -0.2) is 16.7 Å². The van der Waals surface area contributed by atoms with E-state index in [-0.39, 0.29) is 5.54 Å². The summed E-state index contributed by atoms with van der Waals surface area (Å²) in [5.74, 6) is 1.37. The number of rotatable bonds is 4. The smallest absolute Gasteiger partial charge is 0.247 e. The van der Waals surface area contributed by atoms with Gasteiger partial charge in [-0.15, -0.1) is 0 Å². The number of aromatic nitrogens is 2. The normalized spacial score (nSPS) is 22.3. The molecule has 1 unspecified atom stereocenters. The molecule has 20 heavy (non-hydrogen) atoms. The number of hydrogen-bond acceptors (Lipinski definition) is 4. The van der Waals surface area contributed by atoms with Crippen molar-refractivity contribution in [2.24, 2.45) is 0 Å². The van der Waals surface area contributed by atoms with Gasteiger partial charge in [-0.3, -0.25) is 0 Å². The zero-order valence-corrected chi connectivity index (χ0v) is 13.1. The average molecular weight is 336 g/mol. The zero-order chi connectivity index (χ0) is 14.0. The number of nitrogens with one attached hydrogen (secondary N) is 1. The maximum absolute atomic E-state index is 5.57. The minimum atomic E-state index is -0.124. The molecule has 3 rings (SSSR count). The van der Waals surface area contributed by atoms with Gasteiger partial charge >= 0.3 is 0 Å². The van der Waals surface area contributed by atoms with Crippen molar-refractivity contribution >= 4 is 15.9 Å². The summed E-state index contributed by atoms with van der Waals surface area (Å²) in [4.78, 5) is 4.64. The molecule has 0 radical (unpaired) electrons. The summed E-state index contributed by atoms with van der Waals surface area (Å²) < 4.78 is 6.55. The van der Waals surface area contributed by atoms with E-state index in [1.807, 2.05) is 24.3 Å². The topological polar surface area (TPSA) is 51.0 Å². The molecule has 1 aromatic carbocycles. The third kappa shape index (κ3) is 2.40. The van der Waals surface area contributed by atoms with Crippen LogP contribution in [0, 0.1) is 0 Å². The first-order valence-corrected chi connectivity index (χ1v) is 7.88. The lowest BCUT2D eigenvalue weighted by Crippen LogP contribution is -2.36. The summed E-state index contributed by atoms with van der Waals surface area (Å²) in [5, 5.41) is 7.72. The first-order valence-electron chi connectivity index (χ1n) is 7.09. The van der Waals surface area contributed by atoms with E-state index in [2.05, 4.69) is 38.3 Å². The van der Waals surface area contributed by atoms with Crippen LogP contribution in [0.5, 0.6) is 0 Å². The molecule has 1 fully saturated rings. The van der Waals surface area contributed by atoms with Gasteiger partial charge in [0.05, 0.1) is 5.54 Å². The third-order valence-electron chi connectivity index (χ3n) is 3.87. The van der Waals surface area contributed by atoms with E-state index in [1.165, 1.54) is 0 Å². The quantitative estimate of drug-likeness (QED) is 0.921. The van der Waals surface area contributed by atoms with Crippen LogP contribution in [0.3, 0.4) is 0 Å². The van der Waals surface area contributed by atoms with Gasteiger partial charge in [-0.05, 0) is 37.9 Å². The number of halogens is 1. The first kappa shape index (κ1) is 13.8. The van der Waals surface area contributed by atoms with Crippen LogP contribution in [0.15, 0.2) is 33.3 Å². The Hall–Kier alpha value is -1.20. The van der Waals surface area contributed by atoms with Crippen molar-refractivity contribution in [1.29, 1.82) is 0 Å². The van der Waals surface area contributed by atoms with Gasteiger partial charge in [0.1, 0.15) is 0 Å². The van der Waals surface area contributed by atoms with Crippen molar-refractivity contribution < 1.29 is 4.52 Å². The largest absolute Gasteiger partial charge is 0.337 e. The SMILES string of the molecule is CCCC1(c2nc(-c3ccccc3Br)no2)CCCN1. The van der Waals surface area contributed by atoms with Crippen LogP contribution in [0.2, 0.25) is 0 Å². The Morgan fingerprint density at radius 3 is 2.95 bits per heavy atom. The number of nitrogens with zero attached hydrogens (tertiary/aromatic N) is 2. The fraction of sp³-hybridized carbons (Fsp3) is 0.467. The summed E-state index contributed by atoms with van der Waals surface area (Å²) >= 11 is 3.53. The Morgan fingerprint density at radius 2 is 2.25 bits per heavy atom. The van der Waals surface area contributed by atoms with Crippen molar-refractivity contribution in [3.63, 3.8) is 0 Å². The van der Waals surface area contributed by atoms with Crippen LogP contribution >= 0.6 is 15.9 Å². The standard InChI is InChI=1S/C15H18BrN3O/c1-2-8-15(9-5-10-17-15)14-18-13(19-20-14)11-6-3-4-7-12(11)16/h3-4,6-7,17H,2,5,8-10H2,1H3. The maximum Gasteiger partial charge on any atom is 0.247 e. The molecule has 1 N–H and O–H groups in total. The highest BCUT2D eigenvalue weighted by Crippen LogP contribution is 2.35. The number of benzene rings is 1. The monoisotopic (exact) mass is 335 g/mol. The lowest BCUT2D eigenvalue weighted by Gasteiger charge is -2.24. The third-order valence-corrected chi connectivity index (χ3v) is 4.56. The lowest BCUT2D eigenvalue weighted by molar-refractivity contribution is 0.241. The summed E-state index contributed by atoms with van der Waals surface area (Å²) in [7, 11) is 0. The van der Waals surface area contributed by atoms with E-state index in [4.69, 9.17) is 4.52 Å². The van der Waals surface area contributed by atoms with Crippen molar-refractivity contribution in [1.82, 2.24) is 15.5 Å². The Balaban J connectivity index is 1.95. The second kappa shape index (κ2) is 5.66. The second-order valence-electron chi connectivity index (χ2n) is 5.27. The fourth-order valence-corrected chi connectivity index (χ4v) is 3.37. The van der Waals surface area contributed by atoms with Crippen LogP contribution in [-0.2, 0) is 5.54 Å². The van der Waals surface area contributed by atoms with Crippen LogP contribution in [0.1, 0.15) is 38.5 Å². The summed E-state index contributed by atoms with van der Waals surface area (Å²) in [6.45, 7) is 3.21. The van der Waals surface area contributed by atoms with Crippen molar-refractivity contribution in [3.05, 3.63) is 34.6 Å². The molecule has 0 amide bonds. The predicted molar refractivity (Wildman–Crippen MR) is 81.3 cm³/mol. The highest BCUT2D eigenvalue weighted by Gasteiger charge is 2.39. The van der Waals surface area contributed by atoms with Gasteiger partial charge in [-0.25, -0.2) is 0 Å². The van der Waals surface area contributed by atoms with Gasteiger partial charge < -0.3 is 9.84 Å². The Kier molecular flexibility index (Phi) is 3.89. The highest BCUT2D eigenvalue weighted by molar-refractivity contribution is 9.10. The number of hydrogen-bond donors (Lipinski definition) is 1. The van der Waals surface area contributed by atoms with E-state index in [0.29, 0.717) is 5.82 Å². The zero-order valence-electron chi connectivity index (χ0n) is 11.5. The van der Waals surface area contributed by atoms with E-state index in [0.717, 1.165) is 48.2 Å². The summed E-state index contributed by atoms with van der Waals surface area (Å²) in [6.07, 6.45) is 4.36. The van der Waals surface area contributed by atoms with Crippen molar-refractivity contribution in [3.8, 4) is 11.4 Å². The molecule has 106 valence electrons. The van der Waals surface area contributed by atoms with Crippen molar-refractivity contribution in [2.75, 3.05) is 6.54 Å². The Bertz CT molecular complexity index is 590. The van der Waals surface area contributed by atoms with Gasteiger partial charge in [-0.2, -0.15) is 4.98 Å². The molecule has 2 aromatic rings. The molecular weight excluding hydrogens is 318 g/mol. The molecule has 2 heterocycles. The van der Waals surface area contributed by atoms with E-state index in [9.17, 15) is 0 Å². The summed E-state index contributed by atoms with van der Waals surface area (Å²) in [5.41, 5.74) is 0.841. The second-order valence-corrected chi connectivity index (χ2v) is 6.12. The minimum absolute atomic E-state index is 0.124. The molecule has 1 aliphatic heterocycles. The van der Waals surface area contributed by atoms with E-state index >= 15 is 0 Å².